The predicted octanol–water partition coefficient (Wildman–Crippen LogP) is 5.77. The minimum Gasteiger partial charge on any atom is -0.335 e. The molecule has 7 heteroatoms. The normalized spacial score (nSPS) is 24.2. The molecule has 1 amide bonds. The highest BCUT2D eigenvalue weighted by atomic mass is 19.4. The molecule has 5 rings (SSSR count). The highest BCUT2D eigenvalue weighted by Gasteiger charge is 2.42. The molecule has 1 aromatic heterocycles. The Morgan fingerprint density at radius 1 is 1.00 bits per heavy atom. The molecule has 2 aliphatic rings. The van der Waals surface area contributed by atoms with Crippen LogP contribution in [0.1, 0.15) is 59.8 Å². The van der Waals surface area contributed by atoms with Crippen molar-refractivity contribution in [3.05, 3.63) is 65.5 Å². The SMILES string of the molecule is O=C(c1cccc2[nH]c(C(F)(F)F)nc12)N1CC[C@H](c2ccccc2)[C@H]2CCCC[C@H]21. The monoisotopic (exact) mass is 427 g/mol. The number of carbonyl (C=O) groups is 1. The predicted molar refractivity (Wildman–Crippen MR) is 112 cm³/mol. The van der Waals surface area contributed by atoms with Gasteiger partial charge in [-0.25, -0.2) is 4.98 Å². The van der Waals surface area contributed by atoms with Crippen LogP contribution in [0.3, 0.4) is 0 Å². The van der Waals surface area contributed by atoms with Gasteiger partial charge in [-0.2, -0.15) is 13.2 Å². The molecule has 2 fully saturated rings. The van der Waals surface area contributed by atoms with Crippen molar-refractivity contribution in [1.82, 2.24) is 14.9 Å². The van der Waals surface area contributed by atoms with E-state index in [1.165, 1.54) is 11.6 Å². The van der Waals surface area contributed by atoms with Crippen LogP contribution in [0.2, 0.25) is 0 Å². The van der Waals surface area contributed by atoms with Crippen molar-refractivity contribution >= 4 is 16.9 Å². The maximum absolute atomic E-state index is 13.6. The second-order valence-electron chi connectivity index (χ2n) is 8.60. The van der Waals surface area contributed by atoms with Gasteiger partial charge in [-0.3, -0.25) is 4.79 Å². The summed E-state index contributed by atoms with van der Waals surface area (Å²) in [4.78, 5) is 21.5. The van der Waals surface area contributed by atoms with Gasteiger partial charge in [-0.05, 0) is 48.8 Å². The molecule has 1 aliphatic heterocycles. The third kappa shape index (κ3) is 3.60. The van der Waals surface area contributed by atoms with E-state index >= 15 is 0 Å². The minimum absolute atomic E-state index is 0.0948. The Morgan fingerprint density at radius 3 is 2.55 bits per heavy atom. The van der Waals surface area contributed by atoms with E-state index in [2.05, 4.69) is 34.2 Å². The van der Waals surface area contributed by atoms with Crippen LogP contribution in [0, 0.1) is 5.92 Å². The Morgan fingerprint density at radius 2 is 1.77 bits per heavy atom. The van der Waals surface area contributed by atoms with E-state index in [0.717, 1.165) is 32.1 Å². The summed E-state index contributed by atoms with van der Waals surface area (Å²) < 4.78 is 39.5. The van der Waals surface area contributed by atoms with Crippen molar-refractivity contribution < 1.29 is 18.0 Å². The van der Waals surface area contributed by atoms with Crippen molar-refractivity contribution in [3.63, 3.8) is 0 Å². The molecule has 3 atom stereocenters. The van der Waals surface area contributed by atoms with Crippen molar-refractivity contribution in [1.29, 1.82) is 0 Å². The number of fused-ring (bicyclic) bond motifs is 2. The molecule has 0 bridgehead atoms. The van der Waals surface area contributed by atoms with Gasteiger partial charge < -0.3 is 9.88 Å². The number of alkyl halides is 3. The maximum atomic E-state index is 13.6. The first-order valence-electron chi connectivity index (χ1n) is 10.9. The quantitative estimate of drug-likeness (QED) is 0.564. The highest BCUT2D eigenvalue weighted by Crippen LogP contribution is 2.44. The number of H-pyrrole nitrogens is 1. The third-order valence-corrected chi connectivity index (χ3v) is 6.88. The molecule has 0 unspecified atom stereocenters. The number of benzene rings is 2. The molecule has 1 saturated carbocycles. The first-order valence-corrected chi connectivity index (χ1v) is 10.9. The standard InChI is InChI=1S/C24H24F3N3O/c25-24(26,27)23-28-19-11-6-10-18(21(19)29-23)22(31)30-14-13-16(15-7-2-1-3-8-15)17-9-4-5-12-20(17)30/h1-3,6-8,10-11,16-17,20H,4-5,9,12-14H2,(H,28,29)/t16-,17-,20-/m1/s1. The Balaban J connectivity index is 1.48. The lowest BCUT2D eigenvalue weighted by Crippen LogP contribution is -2.52. The first kappa shape index (κ1) is 20.1. The van der Waals surface area contributed by atoms with E-state index in [4.69, 9.17) is 0 Å². The molecule has 1 aliphatic carbocycles. The van der Waals surface area contributed by atoms with Gasteiger partial charge in [0, 0.05) is 12.6 Å². The van der Waals surface area contributed by atoms with Crippen LogP contribution in [0.5, 0.6) is 0 Å². The van der Waals surface area contributed by atoms with Crippen molar-refractivity contribution in [3.8, 4) is 0 Å². The van der Waals surface area contributed by atoms with Crippen LogP contribution in [-0.2, 0) is 6.18 Å². The number of nitrogens with zero attached hydrogens (tertiary/aromatic N) is 2. The zero-order valence-corrected chi connectivity index (χ0v) is 17.0. The number of piperidine rings is 1. The molecule has 1 N–H and O–H groups in total. The summed E-state index contributed by atoms with van der Waals surface area (Å²) in [7, 11) is 0. The number of halogens is 3. The summed E-state index contributed by atoms with van der Waals surface area (Å²) in [5.41, 5.74) is 1.89. The van der Waals surface area contributed by atoms with Crippen LogP contribution in [0.25, 0.3) is 11.0 Å². The number of amides is 1. The third-order valence-electron chi connectivity index (χ3n) is 6.88. The smallest absolute Gasteiger partial charge is 0.335 e. The van der Waals surface area contributed by atoms with Crippen LogP contribution in [0.4, 0.5) is 13.2 Å². The Kier molecular flexibility index (Phi) is 4.99. The van der Waals surface area contributed by atoms with Crippen LogP contribution >= 0.6 is 0 Å². The molecule has 0 spiro atoms. The Hall–Kier alpha value is -2.83. The van der Waals surface area contributed by atoms with E-state index in [1.54, 1.807) is 12.1 Å². The lowest BCUT2D eigenvalue weighted by Gasteiger charge is -2.48. The fourth-order valence-corrected chi connectivity index (χ4v) is 5.51. The largest absolute Gasteiger partial charge is 0.449 e. The average Bonchev–Trinajstić information content (AvgIpc) is 3.24. The van der Waals surface area contributed by atoms with E-state index in [1.807, 2.05) is 11.0 Å². The van der Waals surface area contributed by atoms with Gasteiger partial charge in [-0.15, -0.1) is 0 Å². The molecule has 1 saturated heterocycles. The summed E-state index contributed by atoms with van der Waals surface area (Å²) >= 11 is 0. The highest BCUT2D eigenvalue weighted by molar-refractivity contribution is 6.05. The van der Waals surface area contributed by atoms with Crippen molar-refractivity contribution in [2.24, 2.45) is 5.92 Å². The van der Waals surface area contributed by atoms with E-state index < -0.39 is 12.0 Å². The molecule has 162 valence electrons. The number of nitrogens with one attached hydrogen (secondary N) is 1. The molecular weight excluding hydrogens is 403 g/mol. The number of likely N-dealkylation sites (tertiary alicyclic amines) is 1. The average molecular weight is 427 g/mol. The number of carbonyl (C=O) groups excluding carboxylic acids is 1. The molecule has 2 heterocycles. The lowest BCUT2D eigenvalue weighted by atomic mass is 9.69. The van der Waals surface area contributed by atoms with E-state index in [9.17, 15) is 18.0 Å². The van der Waals surface area contributed by atoms with Crippen LogP contribution < -0.4 is 0 Å². The summed E-state index contributed by atoms with van der Waals surface area (Å²) in [6.07, 6.45) is 0.500. The van der Waals surface area contributed by atoms with Gasteiger partial charge in [0.2, 0.25) is 5.82 Å². The maximum Gasteiger partial charge on any atom is 0.449 e. The summed E-state index contributed by atoms with van der Waals surface area (Å²) in [5.74, 6) is -0.498. The lowest BCUT2D eigenvalue weighted by molar-refractivity contribution is -0.144. The Labute approximate surface area is 178 Å². The van der Waals surface area contributed by atoms with E-state index in [0.29, 0.717) is 18.4 Å². The minimum atomic E-state index is -4.58. The number of aromatic nitrogens is 2. The summed E-state index contributed by atoms with van der Waals surface area (Å²) in [6, 6.07) is 15.3. The number of hydrogen-bond acceptors (Lipinski definition) is 2. The van der Waals surface area contributed by atoms with Gasteiger partial charge in [0.15, 0.2) is 0 Å². The molecule has 31 heavy (non-hydrogen) atoms. The Bertz CT molecular complexity index is 1090. The number of para-hydroxylation sites is 1. The van der Waals surface area contributed by atoms with Gasteiger partial charge in [0.25, 0.3) is 5.91 Å². The molecule has 0 radical (unpaired) electrons. The number of aromatic amines is 1. The van der Waals surface area contributed by atoms with Gasteiger partial charge in [0.05, 0.1) is 11.1 Å². The molecule has 4 nitrogen and oxygen atoms in total. The van der Waals surface area contributed by atoms with Gasteiger partial charge >= 0.3 is 6.18 Å². The van der Waals surface area contributed by atoms with Crippen LogP contribution in [-0.4, -0.2) is 33.4 Å². The molecular formula is C24H24F3N3O. The zero-order valence-electron chi connectivity index (χ0n) is 17.0. The number of rotatable bonds is 2. The first-order chi connectivity index (χ1) is 14.9. The van der Waals surface area contributed by atoms with Gasteiger partial charge in [-0.1, -0.05) is 49.2 Å². The van der Waals surface area contributed by atoms with Gasteiger partial charge in [0.1, 0.15) is 5.52 Å². The molecule has 3 aromatic rings. The second kappa shape index (κ2) is 7.70. The van der Waals surface area contributed by atoms with Crippen molar-refractivity contribution in [2.75, 3.05) is 6.54 Å². The van der Waals surface area contributed by atoms with E-state index in [-0.39, 0.29) is 28.5 Å². The fourth-order valence-electron chi connectivity index (χ4n) is 5.51. The zero-order chi connectivity index (χ0) is 21.6. The van der Waals surface area contributed by atoms with Crippen LogP contribution in [0.15, 0.2) is 48.5 Å². The second-order valence-corrected chi connectivity index (χ2v) is 8.60. The summed E-state index contributed by atoms with van der Waals surface area (Å²) in [6.45, 7) is 0.604. The number of imidazole rings is 1. The summed E-state index contributed by atoms with van der Waals surface area (Å²) in [5, 5.41) is 0. The van der Waals surface area contributed by atoms with Crippen molar-refractivity contribution in [2.45, 2.75) is 50.2 Å². The number of hydrogen-bond donors (Lipinski definition) is 1. The molecule has 2 aromatic carbocycles. The fraction of sp³-hybridized carbons (Fsp3) is 0.417. The topological polar surface area (TPSA) is 49.0 Å².